The van der Waals surface area contributed by atoms with Crippen LogP contribution in [0.3, 0.4) is 0 Å². The van der Waals surface area contributed by atoms with Gasteiger partial charge in [-0.3, -0.25) is 5.43 Å². The first kappa shape index (κ1) is 14.0. The zero-order valence-electron chi connectivity index (χ0n) is 10.6. The Bertz CT molecular complexity index is 332. The number of morpholine rings is 1. The minimum absolute atomic E-state index is 0.225. The summed E-state index contributed by atoms with van der Waals surface area (Å²) < 4.78 is 10.5. The maximum atomic E-state index is 11.6. The molecular formula is C11H19N3O5. The average molecular weight is 273 g/mol. The van der Waals surface area contributed by atoms with E-state index < -0.39 is 12.1 Å². The molecule has 0 aromatic heterocycles. The van der Waals surface area contributed by atoms with E-state index in [-0.39, 0.29) is 12.1 Å². The summed E-state index contributed by atoms with van der Waals surface area (Å²) in [6.07, 6.45) is 0.173. The van der Waals surface area contributed by atoms with Crippen molar-refractivity contribution in [3.63, 3.8) is 0 Å². The molecule has 0 radical (unpaired) electrons. The van der Waals surface area contributed by atoms with Gasteiger partial charge < -0.3 is 19.9 Å². The number of nitrogens with one attached hydrogen (secondary N) is 2. The van der Waals surface area contributed by atoms with Crippen LogP contribution < -0.4 is 10.7 Å². The summed E-state index contributed by atoms with van der Waals surface area (Å²) in [5.74, 6) is -0.944. The molecule has 3 N–H and O–H groups in total. The Morgan fingerprint density at radius 1 is 1.26 bits per heavy atom. The fraction of sp³-hybridized carbons (Fsp3) is 0.818. The van der Waals surface area contributed by atoms with Gasteiger partial charge in [0.05, 0.1) is 19.3 Å². The van der Waals surface area contributed by atoms with Crippen LogP contribution in [0.5, 0.6) is 0 Å². The van der Waals surface area contributed by atoms with Crippen LogP contribution in [0.25, 0.3) is 0 Å². The smallest absolute Gasteiger partial charge is 0.332 e. The number of carboxylic acids is 1. The highest BCUT2D eigenvalue weighted by Gasteiger charge is 2.30. The topological polar surface area (TPSA) is 100 Å². The van der Waals surface area contributed by atoms with Gasteiger partial charge in [-0.05, 0) is 12.8 Å². The van der Waals surface area contributed by atoms with E-state index in [1.165, 1.54) is 0 Å². The molecule has 0 aliphatic carbocycles. The number of amides is 2. The van der Waals surface area contributed by atoms with E-state index in [0.29, 0.717) is 45.7 Å². The number of urea groups is 1. The van der Waals surface area contributed by atoms with Gasteiger partial charge in [-0.1, -0.05) is 0 Å². The quantitative estimate of drug-likeness (QED) is 0.618. The normalized spacial score (nSPS) is 28.0. The summed E-state index contributed by atoms with van der Waals surface area (Å²) in [7, 11) is 0. The highest BCUT2D eigenvalue weighted by atomic mass is 16.5. The van der Waals surface area contributed by atoms with Crippen molar-refractivity contribution in [2.75, 3.05) is 32.8 Å². The first-order valence-corrected chi connectivity index (χ1v) is 6.40. The van der Waals surface area contributed by atoms with Crippen LogP contribution in [0.15, 0.2) is 0 Å². The lowest BCUT2D eigenvalue weighted by Gasteiger charge is -2.27. The number of nitrogens with zero attached hydrogens (tertiary/aromatic N) is 1. The predicted molar refractivity (Wildman–Crippen MR) is 64.5 cm³/mol. The molecule has 2 heterocycles. The van der Waals surface area contributed by atoms with Crippen LogP contribution in [0, 0.1) is 0 Å². The number of ether oxygens (including phenoxy) is 2. The molecule has 0 bridgehead atoms. The number of hydrogen-bond donors (Lipinski definition) is 3. The minimum atomic E-state index is -0.944. The second-order valence-corrected chi connectivity index (χ2v) is 4.58. The van der Waals surface area contributed by atoms with E-state index in [0.717, 1.165) is 0 Å². The van der Waals surface area contributed by atoms with Gasteiger partial charge in [0.15, 0.2) is 6.10 Å². The predicted octanol–water partition coefficient (Wildman–Crippen LogP) is -0.835. The van der Waals surface area contributed by atoms with Crippen molar-refractivity contribution in [2.45, 2.75) is 25.0 Å². The summed E-state index contributed by atoms with van der Waals surface area (Å²) in [4.78, 5) is 22.3. The Kier molecular flexibility index (Phi) is 4.94. The highest BCUT2D eigenvalue weighted by Crippen LogP contribution is 2.19. The fourth-order valence-corrected chi connectivity index (χ4v) is 2.10. The molecule has 2 atom stereocenters. The molecular weight excluding hydrogens is 254 g/mol. The van der Waals surface area contributed by atoms with Crippen molar-refractivity contribution in [3.05, 3.63) is 0 Å². The van der Waals surface area contributed by atoms with Crippen LogP contribution in [0.4, 0.5) is 4.79 Å². The highest BCUT2D eigenvalue weighted by molar-refractivity contribution is 5.73. The molecule has 2 amide bonds. The van der Waals surface area contributed by atoms with Gasteiger partial charge in [-0.25, -0.2) is 14.6 Å². The van der Waals surface area contributed by atoms with Crippen molar-refractivity contribution in [2.24, 2.45) is 0 Å². The van der Waals surface area contributed by atoms with Gasteiger partial charge in [-0.15, -0.1) is 0 Å². The zero-order valence-corrected chi connectivity index (χ0v) is 10.6. The molecule has 2 rings (SSSR count). The molecule has 108 valence electrons. The van der Waals surface area contributed by atoms with Crippen molar-refractivity contribution in [1.82, 2.24) is 15.8 Å². The van der Waals surface area contributed by atoms with Gasteiger partial charge in [-0.2, -0.15) is 0 Å². The zero-order chi connectivity index (χ0) is 13.7. The molecule has 0 spiro atoms. The lowest BCUT2D eigenvalue weighted by molar-refractivity contribution is -0.149. The third kappa shape index (κ3) is 4.34. The van der Waals surface area contributed by atoms with E-state index in [2.05, 4.69) is 10.7 Å². The summed E-state index contributed by atoms with van der Waals surface area (Å²) in [6, 6.07) is -0.302. The number of carbonyl (C=O) groups is 2. The molecule has 19 heavy (non-hydrogen) atoms. The molecule has 2 aliphatic rings. The second-order valence-electron chi connectivity index (χ2n) is 4.58. The van der Waals surface area contributed by atoms with Crippen molar-refractivity contribution < 1.29 is 24.2 Å². The molecule has 2 fully saturated rings. The van der Waals surface area contributed by atoms with Crippen molar-refractivity contribution in [3.8, 4) is 0 Å². The number of carboxylic acid groups (broad SMARTS) is 1. The summed E-state index contributed by atoms with van der Waals surface area (Å²) in [5, 5.41) is 13.2. The van der Waals surface area contributed by atoms with Crippen LogP contribution in [-0.2, 0) is 14.3 Å². The van der Waals surface area contributed by atoms with E-state index >= 15 is 0 Å². The number of hydrazine groups is 1. The second kappa shape index (κ2) is 6.69. The summed E-state index contributed by atoms with van der Waals surface area (Å²) in [5.41, 5.74) is 2.71. The molecule has 2 unspecified atom stereocenters. The standard InChI is InChI=1S/C11H19N3O5/c15-10(16)9-2-1-8(19-9)7-12-11(17)13-14-3-5-18-6-4-14/h8-9H,1-7H2,(H,15,16)(H2,12,13,17). The lowest BCUT2D eigenvalue weighted by Crippen LogP contribution is -2.52. The van der Waals surface area contributed by atoms with Gasteiger partial charge in [0.2, 0.25) is 0 Å². The first-order valence-electron chi connectivity index (χ1n) is 6.40. The third-order valence-corrected chi connectivity index (χ3v) is 3.14. The van der Waals surface area contributed by atoms with E-state index in [9.17, 15) is 9.59 Å². The Hall–Kier alpha value is -1.38. The third-order valence-electron chi connectivity index (χ3n) is 3.14. The largest absolute Gasteiger partial charge is 0.479 e. The van der Waals surface area contributed by atoms with Crippen molar-refractivity contribution in [1.29, 1.82) is 0 Å². The van der Waals surface area contributed by atoms with Crippen molar-refractivity contribution >= 4 is 12.0 Å². The Morgan fingerprint density at radius 3 is 2.63 bits per heavy atom. The average Bonchev–Trinajstić information content (AvgIpc) is 2.86. The van der Waals surface area contributed by atoms with Crippen LogP contribution in [-0.4, -0.2) is 67.2 Å². The SMILES string of the molecule is O=C(NCC1CCC(C(=O)O)O1)NN1CCOCC1. The lowest BCUT2D eigenvalue weighted by atomic mass is 10.2. The van der Waals surface area contributed by atoms with E-state index in [1.807, 2.05) is 0 Å². The number of hydrogen-bond acceptors (Lipinski definition) is 5. The monoisotopic (exact) mass is 273 g/mol. The van der Waals surface area contributed by atoms with Gasteiger partial charge >= 0.3 is 12.0 Å². The molecule has 0 saturated carbocycles. The molecule has 0 aromatic carbocycles. The molecule has 2 aliphatic heterocycles. The van der Waals surface area contributed by atoms with Crippen LogP contribution in [0.2, 0.25) is 0 Å². The Balaban J connectivity index is 1.62. The van der Waals surface area contributed by atoms with Crippen LogP contribution in [0.1, 0.15) is 12.8 Å². The van der Waals surface area contributed by atoms with Gasteiger partial charge in [0.1, 0.15) is 0 Å². The fourth-order valence-electron chi connectivity index (χ4n) is 2.10. The molecule has 8 heteroatoms. The summed E-state index contributed by atoms with van der Waals surface area (Å²) >= 11 is 0. The summed E-state index contributed by atoms with van der Waals surface area (Å²) in [6.45, 7) is 2.85. The Morgan fingerprint density at radius 2 is 2.00 bits per heavy atom. The molecule has 0 aromatic rings. The van der Waals surface area contributed by atoms with Crippen LogP contribution >= 0.6 is 0 Å². The van der Waals surface area contributed by atoms with Gasteiger partial charge in [0.25, 0.3) is 0 Å². The molecule has 8 nitrogen and oxygen atoms in total. The van der Waals surface area contributed by atoms with Gasteiger partial charge in [0, 0.05) is 19.6 Å². The number of aliphatic carboxylic acids is 1. The first-order chi connectivity index (χ1) is 9.15. The Labute approximate surface area is 111 Å². The van der Waals surface area contributed by atoms with E-state index in [1.54, 1.807) is 5.01 Å². The molecule has 2 saturated heterocycles. The van der Waals surface area contributed by atoms with E-state index in [4.69, 9.17) is 14.6 Å². The number of carbonyl (C=O) groups excluding carboxylic acids is 1. The maximum absolute atomic E-state index is 11.6. The maximum Gasteiger partial charge on any atom is 0.332 e. The number of rotatable bonds is 4. The minimum Gasteiger partial charge on any atom is -0.479 e.